The lowest BCUT2D eigenvalue weighted by Gasteiger charge is -2.44. The van der Waals surface area contributed by atoms with Crippen LogP contribution in [0.5, 0.6) is 0 Å². The third-order valence-electron chi connectivity index (χ3n) is 17.7. The minimum absolute atomic E-state index is 0.00569. The predicted molar refractivity (Wildman–Crippen MR) is 346 cm³/mol. The van der Waals surface area contributed by atoms with Gasteiger partial charge in [0, 0.05) is 65.7 Å². The van der Waals surface area contributed by atoms with Crippen molar-refractivity contribution in [3.63, 3.8) is 0 Å². The van der Waals surface area contributed by atoms with E-state index >= 15 is 0 Å². The van der Waals surface area contributed by atoms with E-state index in [2.05, 4.69) is 297 Å². The van der Waals surface area contributed by atoms with E-state index in [1.807, 2.05) is 11.3 Å². The highest BCUT2D eigenvalue weighted by atomic mass is 32.1. The fraction of sp³-hybridized carbons (Fsp3) is 0.324. The summed E-state index contributed by atoms with van der Waals surface area (Å²) in [5.74, 6) is 0. The first kappa shape index (κ1) is 52.9. The molecule has 9 aromatic rings. The summed E-state index contributed by atoms with van der Waals surface area (Å²) in [5.41, 5.74) is 26.4. The molecular formula is C74H80BN3S. The average Bonchev–Trinajstić information content (AvgIpc) is 3.35. The molecule has 0 atom stereocenters. The van der Waals surface area contributed by atoms with E-state index in [1.165, 1.54) is 116 Å². The number of thiophene rings is 1. The molecule has 400 valence electrons. The van der Waals surface area contributed by atoms with Crippen molar-refractivity contribution in [2.24, 2.45) is 0 Å². The van der Waals surface area contributed by atoms with Gasteiger partial charge in [0.25, 0.3) is 6.71 Å². The van der Waals surface area contributed by atoms with Gasteiger partial charge < -0.3 is 14.7 Å². The van der Waals surface area contributed by atoms with Crippen LogP contribution in [0.3, 0.4) is 0 Å². The summed E-state index contributed by atoms with van der Waals surface area (Å²) in [6.45, 7) is 42.1. The molecule has 0 saturated carbocycles. The lowest BCUT2D eigenvalue weighted by atomic mass is 9.36. The van der Waals surface area contributed by atoms with Crippen molar-refractivity contribution in [3.8, 4) is 11.1 Å². The van der Waals surface area contributed by atoms with Gasteiger partial charge in [0.1, 0.15) is 0 Å². The van der Waals surface area contributed by atoms with Crippen molar-refractivity contribution in [2.75, 3.05) is 14.7 Å². The minimum atomic E-state index is -0.286. The van der Waals surface area contributed by atoms with Crippen LogP contribution in [0.15, 0.2) is 158 Å². The SMILES string of the molecule is Cc1cc2c3c(c1)N(c1ccc(C(C)(C)C)cc1)c1c(sc4ccc(C(C)(C)C)cc14)B3c1cc(C(C)(C)C)ccc1N2c1cc(N(c2ccc(C(C)(C)C)cc2)c2ccc(C(C)(C)C)cc2)cc2c1-c1ccccc1C2(C)C. The molecule has 0 saturated heterocycles. The number of anilines is 9. The number of hydrogen-bond acceptors (Lipinski definition) is 4. The van der Waals surface area contributed by atoms with E-state index in [1.54, 1.807) is 0 Å². The molecule has 0 N–H and O–H groups in total. The number of hydrogen-bond donors (Lipinski definition) is 0. The van der Waals surface area contributed by atoms with E-state index in [0.29, 0.717) is 0 Å². The van der Waals surface area contributed by atoms with E-state index in [0.717, 1.165) is 17.1 Å². The smallest absolute Gasteiger partial charge is 0.264 e. The predicted octanol–water partition coefficient (Wildman–Crippen LogP) is 19.6. The molecular weight excluding hydrogens is 974 g/mol. The highest BCUT2D eigenvalue weighted by molar-refractivity contribution is 7.33. The van der Waals surface area contributed by atoms with Crippen molar-refractivity contribution in [3.05, 3.63) is 202 Å². The van der Waals surface area contributed by atoms with Gasteiger partial charge >= 0.3 is 0 Å². The Morgan fingerprint density at radius 2 is 0.937 bits per heavy atom. The van der Waals surface area contributed by atoms with Crippen LogP contribution in [-0.2, 0) is 32.5 Å². The van der Waals surface area contributed by atoms with Gasteiger partial charge in [-0.3, -0.25) is 0 Å². The molecule has 1 aromatic heterocycles. The Labute approximate surface area is 477 Å². The second-order valence-corrected chi connectivity index (χ2v) is 30.0. The van der Waals surface area contributed by atoms with Crippen molar-refractivity contribution < 1.29 is 0 Å². The van der Waals surface area contributed by atoms with Crippen molar-refractivity contribution >= 4 is 95.0 Å². The molecule has 3 aliphatic rings. The van der Waals surface area contributed by atoms with Crippen LogP contribution in [-0.4, -0.2) is 6.71 Å². The first-order valence-electron chi connectivity index (χ1n) is 28.9. The molecule has 12 rings (SSSR count). The number of aryl methyl sites for hydroxylation is 1. The second kappa shape index (κ2) is 17.8. The average molecular weight is 1050 g/mol. The van der Waals surface area contributed by atoms with Gasteiger partial charge in [-0.15, -0.1) is 11.3 Å². The second-order valence-electron chi connectivity index (χ2n) is 28.9. The zero-order valence-corrected chi connectivity index (χ0v) is 51.2. The molecule has 3 nitrogen and oxygen atoms in total. The molecule has 79 heavy (non-hydrogen) atoms. The zero-order valence-electron chi connectivity index (χ0n) is 50.3. The van der Waals surface area contributed by atoms with Crippen LogP contribution in [0.1, 0.15) is 162 Å². The summed E-state index contributed by atoms with van der Waals surface area (Å²) in [4.78, 5) is 7.86. The quantitative estimate of drug-likeness (QED) is 0.159. The Kier molecular flexibility index (Phi) is 11.9. The highest BCUT2D eigenvalue weighted by Gasteiger charge is 2.48. The molecule has 0 radical (unpaired) electrons. The summed E-state index contributed by atoms with van der Waals surface area (Å²) in [5, 5.41) is 1.33. The molecule has 2 aliphatic heterocycles. The summed E-state index contributed by atoms with van der Waals surface area (Å²) < 4.78 is 2.73. The normalized spacial score (nSPS) is 14.7. The lowest BCUT2D eigenvalue weighted by Crippen LogP contribution is -2.60. The molecule has 3 heterocycles. The standard InChI is InChI=1S/C74H80BN3S/c1-45-39-62-66-63(40-45)78(60-37-29-50(73(14,15)16)42-59(60)75(66)68-67(56-41-49(72(11,12)13)30-38-64(56)79-68)77(62)53-35-27-48(28-36-53)71(8,9)10)61-44-54(43-58-65(61)55-21-19-20-22-57(55)74(58,17)18)76(51-31-23-46(24-32-51)69(2,3)4)52-33-25-47(26-34-52)70(5,6)7/h19-44H,1-18H3. The van der Waals surface area contributed by atoms with E-state index in [-0.39, 0.29) is 39.2 Å². The van der Waals surface area contributed by atoms with Gasteiger partial charge in [0.15, 0.2) is 0 Å². The van der Waals surface area contributed by atoms with Crippen LogP contribution in [0.4, 0.5) is 51.2 Å². The first-order valence-corrected chi connectivity index (χ1v) is 29.7. The Bertz CT molecular complexity index is 3840. The highest BCUT2D eigenvalue weighted by Crippen LogP contribution is 2.58. The van der Waals surface area contributed by atoms with Crippen molar-refractivity contribution in [1.82, 2.24) is 0 Å². The molecule has 0 fully saturated rings. The van der Waals surface area contributed by atoms with E-state index in [4.69, 9.17) is 0 Å². The summed E-state index contributed by atoms with van der Waals surface area (Å²) in [7, 11) is 0. The first-order chi connectivity index (χ1) is 37.0. The summed E-state index contributed by atoms with van der Waals surface area (Å²) >= 11 is 1.99. The maximum atomic E-state index is 2.70. The summed E-state index contributed by atoms with van der Waals surface area (Å²) in [6, 6.07) is 62.2. The zero-order chi connectivity index (χ0) is 56.3. The monoisotopic (exact) mass is 1050 g/mol. The van der Waals surface area contributed by atoms with Crippen LogP contribution in [0.2, 0.25) is 0 Å². The minimum Gasteiger partial charge on any atom is -0.311 e. The molecule has 0 bridgehead atoms. The van der Waals surface area contributed by atoms with Gasteiger partial charge in [-0.2, -0.15) is 0 Å². The van der Waals surface area contributed by atoms with E-state index < -0.39 is 0 Å². The Balaban J connectivity index is 1.19. The Morgan fingerprint density at radius 1 is 0.443 bits per heavy atom. The van der Waals surface area contributed by atoms with Gasteiger partial charge in [0.05, 0.1) is 11.4 Å². The lowest BCUT2D eigenvalue weighted by molar-refractivity contribution is 0.590. The number of fused-ring (bicyclic) bond motifs is 9. The third kappa shape index (κ3) is 8.68. The fourth-order valence-electron chi connectivity index (χ4n) is 12.9. The maximum absolute atomic E-state index is 2.70. The Morgan fingerprint density at radius 3 is 1.49 bits per heavy atom. The number of benzene rings is 8. The van der Waals surface area contributed by atoms with Gasteiger partial charge in [0.2, 0.25) is 0 Å². The van der Waals surface area contributed by atoms with Crippen LogP contribution < -0.4 is 30.4 Å². The molecule has 1 aliphatic carbocycles. The van der Waals surface area contributed by atoms with Crippen LogP contribution in [0, 0.1) is 6.92 Å². The van der Waals surface area contributed by atoms with Gasteiger partial charge in [-0.1, -0.05) is 197 Å². The van der Waals surface area contributed by atoms with Gasteiger partial charge in [-0.25, -0.2) is 0 Å². The van der Waals surface area contributed by atoms with E-state index in [9.17, 15) is 0 Å². The van der Waals surface area contributed by atoms with Crippen molar-refractivity contribution in [2.45, 2.75) is 157 Å². The fourth-order valence-corrected chi connectivity index (χ4v) is 14.2. The molecule has 0 unspecified atom stereocenters. The third-order valence-corrected chi connectivity index (χ3v) is 18.9. The van der Waals surface area contributed by atoms with Crippen LogP contribution >= 0.6 is 11.3 Å². The topological polar surface area (TPSA) is 9.72 Å². The molecule has 0 amide bonds. The maximum Gasteiger partial charge on any atom is 0.264 e. The molecule has 0 spiro atoms. The van der Waals surface area contributed by atoms with Gasteiger partial charge in [-0.05, 0) is 174 Å². The molecule has 5 heteroatoms. The van der Waals surface area contributed by atoms with Crippen molar-refractivity contribution in [1.29, 1.82) is 0 Å². The largest absolute Gasteiger partial charge is 0.311 e. The molecule has 8 aromatic carbocycles. The number of rotatable bonds is 5. The van der Waals surface area contributed by atoms with Crippen LogP contribution in [0.25, 0.3) is 21.2 Å². The Hall–Kier alpha value is -6.82. The number of nitrogens with zero attached hydrogens (tertiary/aromatic N) is 3. The summed E-state index contributed by atoms with van der Waals surface area (Å²) in [6.07, 6.45) is 0.